The Hall–Kier alpha value is -1.97. The van der Waals surface area contributed by atoms with Gasteiger partial charge >= 0.3 is 12.3 Å². The fourth-order valence-corrected chi connectivity index (χ4v) is 2.42. The van der Waals surface area contributed by atoms with Crippen molar-refractivity contribution in [1.29, 1.82) is 0 Å². The molecule has 1 amide bonds. The van der Waals surface area contributed by atoms with Crippen LogP contribution in [0.15, 0.2) is 6.20 Å². The average molecular weight is 364 g/mol. The van der Waals surface area contributed by atoms with E-state index in [-0.39, 0.29) is 0 Å². The lowest BCUT2D eigenvalue weighted by atomic mass is 10.3. The van der Waals surface area contributed by atoms with Gasteiger partial charge in [0.05, 0.1) is 11.4 Å². The first-order valence-electron chi connectivity index (χ1n) is 7.77. The minimum absolute atomic E-state index is 0.364. The molecule has 25 heavy (non-hydrogen) atoms. The molecule has 0 aliphatic carbocycles. The lowest BCUT2D eigenvalue weighted by Crippen LogP contribution is -2.50. The fraction of sp³-hybridized carbons (Fsp3) is 0.667. The molecule has 1 aromatic heterocycles. The molecule has 6 nitrogen and oxygen atoms in total. The van der Waals surface area contributed by atoms with Crippen molar-refractivity contribution in [3.8, 4) is 0 Å². The lowest BCUT2D eigenvalue weighted by molar-refractivity contribution is -0.171. The van der Waals surface area contributed by atoms with Crippen LogP contribution in [0, 0.1) is 13.8 Å². The number of halogens is 4. The van der Waals surface area contributed by atoms with Crippen LogP contribution in [-0.4, -0.2) is 72.5 Å². The van der Waals surface area contributed by atoms with Crippen molar-refractivity contribution in [2.75, 3.05) is 44.3 Å². The molecule has 0 radical (unpaired) electrons. The van der Waals surface area contributed by atoms with Crippen LogP contribution in [-0.2, 0) is 9.53 Å². The maximum absolute atomic E-state index is 12.7. The number of ether oxygens (including phenoxy) is 1. The molecule has 2 rings (SSSR count). The number of anilines is 1. The van der Waals surface area contributed by atoms with Crippen molar-refractivity contribution in [2.45, 2.75) is 26.2 Å². The molecule has 0 atom stereocenters. The van der Waals surface area contributed by atoms with Crippen LogP contribution in [0.4, 0.5) is 23.4 Å². The summed E-state index contributed by atoms with van der Waals surface area (Å²) in [6.07, 6.45) is -2.14. The molecule has 140 valence electrons. The first-order chi connectivity index (χ1) is 11.7. The SMILES string of the molecule is Cc1cnc(C)c(N2CCN(C(=O)COCC(F)(F)C(F)F)CC2)n1. The summed E-state index contributed by atoms with van der Waals surface area (Å²) in [5, 5.41) is 0. The number of hydrogen-bond acceptors (Lipinski definition) is 5. The van der Waals surface area contributed by atoms with Crippen molar-refractivity contribution in [1.82, 2.24) is 14.9 Å². The highest BCUT2D eigenvalue weighted by Crippen LogP contribution is 2.23. The van der Waals surface area contributed by atoms with E-state index < -0.39 is 31.5 Å². The Kier molecular flexibility index (Phi) is 6.15. The highest BCUT2D eigenvalue weighted by Gasteiger charge is 2.41. The molecule has 1 fully saturated rings. The summed E-state index contributed by atoms with van der Waals surface area (Å²) in [6, 6.07) is 0. The largest absolute Gasteiger partial charge is 0.365 e. The van der Waals surface area contributed by atoms with E-state index in [9.17, 15) is 22.4 Å². The van der Waals surface area contributed by atoms with E-state index in [0.29, 0.717) is 26.2 Å². The van der Waals surface area contributed by atoms with Crippen LogP contribution >= 0.6 is 0 Å². The van der Waals surface area contributed by atoms with E-state index in [1.54, 1.807) is 6.20 Å². The number of aryl methyl sites for hydroxylation is 2. The summed E-state index contributed by atoms with van der Waals surface area (Å²) in [4.78, 5) is 24.1. The Morgan fingerprint density at radius 3 is 2.52 bits per heavy atom. The van der Waals surface area contributed by atoms with Crippen molar-refractivity contribution in [2.24, 2.45) is 0 Å². The highest BCUT2D eigenvalue weighted by atomic mass is 19.3. The second-order valence-electron chi connectivity index (χ2n) is 5.84. The monoisotopic (exact) mass is 364 g/mol. The van der Waals surface area contributed by atoms with E-state index in [1.165, 1.54) is 4.90 Å². The van der Waals surface area contributed by atoms with Crippen LogP contribution in [0.2, 0.25) is 0 Å². The third-order valence-corrected chi connectivity index (χ3v) is 3.82. The Morgan fingerprint density at radius 1 is 1.28 bits per heavy atom. The van der Waals surface area contributed by atoms with Gasteiger partial charge in [-0.1, -0.05) is 0 Å². The Labute approximate surface area is 142 Å². The van der Waals surface area contributed by atoms with Crippen LogP contribution in [0.3, 0.4) is 0 Å². The van der Waals surface area contributed by atoms with Gasteiger partial charge in [-0.05, 0) is 13.8 Å². The van der Waals surface area contributed by atoms with E-state index in [1.807, 2.05) is 18.7 Å². The van der Waals surface area contributed by atoms with E-state index in [4.69, 9.17) is 0 Å². The van der Waals surface area contributed by atoms with Crippen molar-refractivity contribution in [3.05, 3.63) is 17.6 Å². The van der Waals surface area contributed by atoms with Gasteiger partial charge in [0, 0.05) is 32.4 Å². The average Bonchev–Trinajstić information content (AvgIpc) is 2.57. The highest BCUT2D eigenvalue weighted by molar-refractivity contribution is 5.77. The molecular formula is C15H20F4N4O2. The summed E-state index contributed by atoms with van der Waals surface area (Å²) < 4.78 is 54.0. The number of carbonyl (C=O) groups excluding carboxylic acids is 1. The first kappa shape index (κ1) is 19.4. The fourth-order valence-electron chi connectivity index (χ4n) is 2.42. The van der Waals surface area contributed by atoms with Crippen molar-refractivity contribution in [3.63, 3.8) is 0 Å². The maximum Gasteiger partial charge on any atom is 0.330 e. The summed E-state index contributed by atoms with van der Waals surface area (Å²) in [5.74, 6) is -4.00. The molecule has 1 aliphatic heterocycles. The number of hydrogen-bond donors (Lipinski definition) is 0. The topological polar surface area (TPSA) is 58.6 Å². The van der Waals surface area contributed by atoms with Crippen LogP contribution < -0.4 is 4.90 Å². The molecule has 1 saturated heterocycles. The Bertz CT molecular complexity index is 607. The number of rotatable bonds is 6. The molecule has 10 heteroatoms. The van der Waals surface area contributed by atoms with E-state index >= 15 is 0 Å². The number of nitrogens with zero attached hydrogens (tertiary/aromatic N) is 4. The molecular weight excluding hydrogens is 344 g/mol. The van der Waals surface area contributed by atoms with Gasteiger partial charge in [0.1, 0.15) is 19.0 Å². The Morgan fingerprint density at radius 2 is 1.92 bits per heavy atom. The van der Waals surface area contributed by atoms with E-state index in [0.717, 1.165) is 17.2 Å². The quantitative estimate of drug-likeness (QED) is 0.719. The molecule has 0 aromatic carbocycles. The molecule has 0 unspecified atom stereocenters. The number of aromatic nitrogens is 2. The molecule has 2 heterocycles. The van der Waals surface area contributed by atoms with Gasteiger partial charge in [-0.3, -0.25) is 9.78 Å². The minimum atomic E-state index is -4.25. The summed E-state index contributed by atoms with van der Waals surface area (Å²) in [5.41, 5.74) is 1.57. The predicted molar refractivity (Wildman–Crippen MR) is 82.1 cm³/mol. The second kappa shape index (κ2) is 7.94. The molecule has 0 spiro atoms. The van der Waals surface area contributed by atoms with Gasteiger partial charge in [-0.25, -0.2) is 13.8 Å². The van der Waals surface area contributed by atoms with Crippen LogP contribution in [0.1, 0.15) is 11.4 Å². The molecule has 1 aromatic rings. The summed E-state index contributed by atoms with van der Waals surface area (Å²) in [7, 11) is 0. The van der Waals surface area contributed by atoms with Crippen molar-refractivity contribution >= 4 is 11.7 Å². The van der Waals surface area contributed by atoms with Crippen molar-refractivity contribution < 1.29 is 27.1 Å². The first-order valence-corrected chi connectivity index (χ1v) is 7.77. The zero-order valence-electron chi connectivity index (χ0n) is 14.0. The number of carbonyl (C=O) groups is 1. The minimum Gasteiger partial charge on any atom is -0.365 e. The van der Waals surface area contributed by atoms with Gasteiger partial charge in [0.2, 0.25) is 5.91 Å². The molecule has 0 N–H and O–H groups in total. The summed E-state index contributed by atoms with van der Waals surface area (Å²) in [6.45, 7) is 3.30. The molecule has 0 bridgehead atoms. The standard InChI is InChI=1S/C15H20F4N4O2/c1-10-7-20-11(2)13(21-10)23-5-3-22(4-6-23)12(24)8-25-9-15(18,19)14(16)17/h7,14H,3-6,8-9H2,1-2H3. The van der Waals surface area contributed by atoms with E-state index in [2.05, 4.69) is 14.7 Å². The van der Waals surface area contributed by atoms with Crippen LogP contribution in [0.5, 0.6) is 0 Å². The van der Waals surface area contributed by atoms with Gasteiger partial charge < -0.3 is 14.5 Å². The summed E-state index contributed by atoms with van der Waals surface area (Å²) >= 11 is 0. The third kappa shape index (κ3) is 5.00. The van der Waals surface area contributed by atoms with Crippen LogP contribution in [0.25, 0.3) is 0 Å². The maximum atomic E-state index is 12.7. The van der Waals surface area contributed by atoms with Gasteiger partial charge in [-0.2, -0.15) is 8.78 Å². The molecule has 1 aliphatic rings. The number of alkyl halides is 4. The zero-order chi connectivity index (χ0) is 18.6. The predicted octanol–water partition coefficient (Wildman–Crippen LogP) is 1.66. The normalized spacial score (nSPS) is 15.8. The molecule has 0 saturated carbocycles. The Balaban J connectivity index is 1.81. The van der Waals surface area contributed by atoms with Gasteiger partial charge in [0.15, 0.2) is 0 Å². The van der Waals surface area contributed by atoms with Gasteiger partial charge in [0.25, 0.3) is 0 Å². The number of amides is 1. The lowest BCUT2D eigenvalue weighted by Gasteiger charge is -2.35. The third-order valence-electron chi connectivity index (χ3n) is 3.82. The second-order valence-corrected chi connectivity index (χ2v) is 5.84. The smallest absolute Gasteiger partial charge is 0.330 e. The number of piperazine rings is 1. The zero-order valence-corrected chi connectivity index (χ0v) is 14.0. The van der Waals surface area contributed by atoms with Gasteiger partial charge in [-0.15, -0.1) is 0 Å².